The lowest BCUT2D eigenvalue weighted by Gasteiger charge is -2.09. The molecular formula is C14H12N2O3S. The van der Waals surface area contributed by atoms with Crippen molar-refractivity contribution >= 4 is 21.1 Å². The van der Waals surface area contributed by atoms with E-state index < -0.39 is 16.6 Å². The van der Waals surface area contributed by atoms with E-state index >= 15 is 0 Å². The Balaban J connectivity index is 2.34. The van der Waals surface area contributed by atoms with Gasteiger partial charge in [-0.2, -0.15) is 0 Å². The number of rotatable bonds is 3. The van der Waals surface area contributed by atoms with Crippen LogP contribution in [0.2, 0.25) is 0 Å². The fourth-order valence-electron chi connectivity index (χ4n) is 2.12. The first-order valence-electron chi connectivity index (χ1n) is 6.02. The van der Waals surface area contributed by atoms with E-state index in [1.54, 1.807) is 42.5 Å². The predicted octanol–water partition coefficient (Wildman–Crippen LogP) is 1.77. The van der Waals surface area contributed by atoms with Gasteiger partial charge in [0.25, 0.3) is 10.0 Å². The van der Waals surface area contributed by atoms with Gasteiger partial charge >= 0.3 is 0 Å². The van der Waals surface area contributed by atoms with Crippen LogP contribution in [0.3, 0.4) is 0 Å². The quantitative estimate of drug-likeness (QED) is 0.797. The van der Waals surface area contributed by atoms with Crippen molar-refractivity contribution in [2.45, 2.75) is 11.5 Å². The lowest BCUT2D eigenvalue weighted by Crippen LogP contribution is -2.16. The summed E-state index contributed by atoms with van der Waals surface area (Å²) in [5, 5.41) is 9.38. The van der Waals surface area contributed by atoms with E-state index in [0.717, 1.165) is 3.97 Å². The van der Waals surface area contributed by atoms with Crippen molar-refractivity contribution in [1.29, 1.82) is 0 Å². The van der Waals surface area contributed by atoms with Crippen molar-refractivity contribution in [3.8, 4) is 0 Å². The molecule has 0 amide bonds. The lowest BCUT2D eigenvalue weighted by atomic mass is 10.3. The van der Waals surface area contributed by atoms with Crippen LogP contribution in [0, 0.1) is 0 Å². The van der Waals surface area contributed by atoms with E-state index in [2.05, 4.69) is 4.98 Å². The van der Waals surface area contributed by atoms with Gasteiger partial charge in [0, 0.05) is 0 Å². The molecule has 0 aliphatic rings. The average molecular weight is 288 g/mol. The minimum absolute atomic E-state index is 0.107. The van der Waals surface area contributed by atoms with E-state index in [9.17, 15) is 13.5 Å². The normalized spacial score (nSPS) is 11.8. The minimum atomic E-state index is -3.77. The molecule has 0 bridgehead atoms. The van der Waals surface area contributed by atoms with E-state index in [1.165, 1.54) is 12.1 Å². The number of hydrogen-bond acceptors (Lipinski definition) is 4. The average Bonchev–Trinajstić information content (AvgIpc) is 2.87. The van der Waals surface area contributed by atoms with Gasteiger partial charge in [-0.15, -0.1) is 0 Å². The third kappa shape index (κ3) is 1.90. The molecule has 1 aromatic heterocycles. The Labute approximate surface area is 116 Å². The standard InChI is InChI=1S/C14H12N2O3S/c17-10-14-15-12-8-4-5-9-13(12)16(14)20(18,19)11-6-2-1-3-7-11/h1-9,17H,10H2. The molecule has 0 fully saturated rings. The highest BCUT2D eigenvalue weighted by atomic mass is 32.2. The molecule has 2 aromatic carbocycles. The maximum atomic E-state index is 12.7. The number of imidazole rings is 1. The van der Waals surface area contributed by atoms with Crippen LogP contribution in [0.5, 0.6) is 0 Å². The minimum Gasteiger partial charge on any atom is -0.388 e. The number of para-hydroxylation sites is 2. The molecule has 3 aromatic rings. The van der Waals surface area contributed by atoms with Crippen molar-refractivity contribution in [2.24, 2.45) is 0 Å². The molecule has 0 spiro atoms. The van der Waals surface area contributed by atoms with Crippen molar-refractivity contribution in [1.82, 2.24) is 8.96 Å². The van der Waals surface area contributed by atoms with Crippen LogP contribution in [0.15, 0.2) is 59.5 Å². The number of aliphatic hydroxyl groups excluding tert-OH is 1. The van der Waals surface area contributed by atoms with Crippen LogP contribution in [-0.4, -0.2) is 22.5 Å². The zero-order valence-corrected chi connectivity index (χ0v) is 11.3. The second kappa shape index (κ2) is 4.73. The van der Waals surface area contributed by atoms with Gasteiger partial charge in [-0.05, 0) is 24.3 Å². The van der Waals surface area contributed by atoms with Gasteiger partial charge in [-0.25, -0.2) is 17.4 Å². The van der Waals surface area contributed by atoms with Gasteiger partial charge in [0.1, 0.15) is 12.4 Å². The fraction of sp³-hybridized carbons (Fsp3) is 0.0714. The van der Waals surface area contributed by atoms with E-state index in [0.29, 0.717) is 11.0 Å². The highest BCUT2D eigenvalue weighted by Gasteiger charge is 2.23. The Morgan fingerprint density at radius 1 is 1.00 bits per heavy atom. The molecule has 5 nitrogen and oxygen atoms in total. The summed E-state index contributed by atoms with van der Waals surface area (Å²) >= 11 is 0. The summed E-state index contributed by atoms with van der Waals surface area (Å²) in [6.45, 7) is -0.444. The van der Waals surface area contributed by atoms with Crippen molar-refractivity contribution < 1.29 is 13.5 Å². The molecule has 20 heavy (non-hydrogen) atoms. The first-order chi connectivity index (χ1) is 9.64. The number of aromatic nitrogens is 2. The smallest absolute Gasteiger partial charge is 0.269 e. The summed E-state index contributed by atoms with van der Waals surface area (Å²) in [5.41, 5.74) is 0.997. The molecule has 1 N–H and O–H groups in total. The summed E-state index contributed by atoms with van der Waals surface area (Å²) < 4.78 is 26.5. The molecule has 0 saturated carbocycles. The van der Waals surface area contributed by atoms with E-state index in [-0.39, 0.29) is 10.7 Å². The fourth-order valence-corrected chi connectivity index (χ4v) is 3.62. The number of hydrogen-bond donors (Lipinski definition) is 1. The summed E-state index contributed by atoms with van der Waals surface area (Å²) in [5.74, 6) is 0.107. The molecule has 0 unspecified atom stereocenters. The molecule has 1 heterocycles. The second-order valence-electron chi connectivity index (χ2n) is 4.26. The molecule has 0 aliphatic heterocycles. The maximum absolute atomic E-state index is 12.7. The monoisotopic (exact) mass is 288 g/mol. The first-order valence-corrected chi connectivity index (χ1v) is 7.46. The highest BCUT2D eigenvalue weighted by molar-refractivity contribution is 7.90. The zero-order valence-electron chi connectivity index (χ0n) is 10.5. The molecular weight excluding hydrogens is 276 g/mol. The number of fused-ring (bicyclic) bond motifs is 1. The molecule has 102 valence electrons. The topological polar surface area (TPSA) is 72.2 Å². The number of benzene rings is 2. The van der Waals surface area contributed by atoms with Gasteiger partial charge in [-0.3, -0.25) is 0 Å². The van der Waals surface area contributed by atoms with E-state index in [1.807, 2.05) is 0 Å². The van der Waals surface area contributed by atoms with Gasteiger partial charge in [0.15, 0.2) is 0 Å². The maximum Gasteiger partial charge on any atom is 0.269 e. The lowest BCUT2D eigenvalue weighted by molar-refractivity contribution is 0.271. The Morgan fingerprint density at radius 3 is 2.35 bits per heavy atom. The molecule has 0 atom stereocenters. The largest absolute Gasteiger partial charge is 0.388 e. The van der Waals surface area contributed by atoms with Crippen LogP contribution in [0.4, 0.5) is 0 Å². The van der Waals surface area contributed by atoms with Crippen LogP contribution in [0.25, 0.3) is 11.0 Å². The summed E-state index contributed by atoms with van der Waals surface area (Å²) in [6, 6.07) is 15.0. The predicted molar refractivity (Wildman–Crippen MR) is 74.7 cm³/mol. The van der Waals surface area contributed by atoms with Crippen LogP contribution >= 0.6 is 0 Å². The molecule has 3 rings (SSSR count). The first kappa shape index (κ1) is 12.8. The Bertz CT molecular complexity index is 855. The third-order valence-electron chi connectivity index (χ3n) is 3.01. The molecule has 0 aliphatic carbocycles. The highest BCUT2D eigenvalue weighted by Crippen LogP contribution is 2.23. The Kier molecular flexibility index (Phi) is 3.04. The Hall–Kier alpha value is -2.18. The molecule has 0 saturated heterocycles. The number of nitrogens with zero attached hydrogens (tertiary/aromatic N) is 2. The van der Waals surface area contributed by atoms with Crippen LogP contribution < -0.4 is 0 Å². The molecule has 6 heteroatoms. The van der Waals surface area contributed by atoms with Crippen LogP contribution in [0.1, 0.15) is 5.82 Å². The van der Waals surface area contributed by atoms with Gasteiger partial charge in [-0.1, -0.05) is 30.3 Å². The van der Waals surface area contributed by atoms with Crippen LogP contribution in [-0.2, 0) is 16.6 Å². The van der Waals surface area contributed by atoms with Crippen molar-refractivity contribution in [3.63, 3.8) is 0 Å². The summed E-state index contributed by atoms with van der Waals surface area (Å²) in [6.07, 6.45) is 0. The van der Waals surface area contributed by atoms with Gasteiger partial charge in [0.2, 0.25) is 0 Å². The SMILES string of the molecule is O=S(=O)(c1ccccc1)n1c(CO)nc2ccccc21. The van der Waals surface area contributed by atoms with Gasteiger partial charge in [0.05, 0.1) is 15.9 Å². The summed E-state index contributed by atoms with van der Waals surface area (Å²) in [7, 11) is -3.77. The third-order valence-corrected chi connectivity index (χ3v) is 4.76. The van der Waals surface area contributed by atoms with Crippen molar-refractivity contribution in [3.05, 3.63) is 60.4 Å². The Morgan fingerprint density at radius 2 is 1.65 bits per heavy atom. The zero-order chi connectivity index (χ0) is 14.2. The molecule has 0 radical (unpaired) electrons. The van der Waals surface area contributed by atoms with E-state index in [4.69, 9.17) is 0 Å². The van der Waals surface area contributed by atoms with Gasteiger partial charge < -0.3 is 5.11 Å². The second-order valence-corrected chi connectivity index (χ2v) is 6.04. The summed E-state index contributed by atoms with van der Waals surface area (Å²) in [4.78, 5) is 4.32. The van der Waals surface area contributed by atoms with Crippen molar-refractivity contribution in [2.75, 3.05) is 0 Å². The number of aliphatic hydroxyl groups is 1.